The second kappa shape index (κ2) is 8.96. The van der Waals surface area contributed by atoms with Gasteiger partial charge in [0.25, 0.3) is 0 Å². The van der Waals surface area contributed by atoms with Crippen molar-refractivity contribution in [3.63, 3.8) is 0 Å². The van der Waals surface area contributed by atoms with Crippen molar-refractivity contribution in [3.05, 3.63) is 0 Å². The Morgan fingerprint density at radius 3 is 2.29 bits per heavy atom. The van der Waals surface area contributed by atoms with Crippen LogP contribution in [0.4, 0.5) is 0 Å². The van der Waals surface area contributed by atoms with E-state index in [1.54, 1.807) is 13.8 Å². The molecule has 1 rings (SSSR count). The summed E-state index contributed by atoms with van der Waals surface area (Å²) < 4.78 is 31.5. The van der Waals surface area contributed by atoms with Crippen molar-refractivity contribution in [2.45, 2.75) is 44.1 Å². The van der Waals surface area contributed by atoms with Crippen LogP contribution in [0.15, 0.2) is 0 Å². The van der Waals surface area contributed by atoms with Gasteiger partial charge in [-0.25, -0.2) is 0 Å². The maximum Gasteiger partial charge on any atom is 0.163 e. The van der Waals surface area contributed by atoms with Gasteiger partial charge in [-0.2, -0.15) is 0 Å². The highest BCUT2D eigenvalue weighted by Crippen LogP contribution is 2.27. The van der Waals surface area contributed by atoms with Gasteiger partial charge in [0.1, 0.15) is 38.0 Å². The molecule has 8 heteroatoms. The van der Waals surface area contributed by atoms with E-state index in [0.29, 0.717) is 0 Å². The summed E-state index contributed by atoms with van der Waals surface area (Å²) in [7, 11) is 2.93. The van der Waals surface area contributed by atoms with Crippen molar-refractivity contribution in [3.8, 4) is 0 Å². The Bertz CT molecular complexity index is 285. The predicted molar refractivity (Wildman–Crippen MR) is 71.5 cm³/mol. The summed E-state index contributed by atoms with van der Waals surface area (Å²) in [5.74, 6) is -0.764. The molecule has 0 radical (unpaired) electrons. The van der Waals surface area contributed by atoms with Crippen LogP contribution in [0.2, 0.25) is 0 Å². The van der Waals surface area contributed by atoms with Crippen LogP contribution in [-0.4, -0.2) is 81.4 Å². The number of hydrogen-bond donors (Lipinski definition) is 2. The third kappa shape index (κ3) is 5.76. The van der Waals surface area contributed by atoms with Gasteiger partial charge >= 0.3 is 0 Å². The topological polar surface area (TPSA) is 95.8 Å². The molecule has 0 aromatic rings. The summed E-state index contributed by atoms with van der Waals surface area (Å²) >= 11 is 0. The number of rotatable bonds is 10. The number of hydrogen-bond acceptors (Lipinski definition) is 8. The Morgan fingerprint density at radius 2 is 1.81 bits per heavy atom. The van der Waals surface area contributed by atoms with Gasteiger partial charge in [0.05, 0.1) is 13.2 Å². The average Bonchev–Trinajstić information content (AvgIpc) is 2.82. The molecule has 21 heavy (non-hydrogen) atoms. The van der Waals surface area contributed by atoms with E-state index in [2.05, 4.69) is 0 Å². The van der Waals surface area contributed by atoms with Crippen molar-refractivity contribution in [2.75, 3.05) is 41.0 Å². The molecule has 0 spiro atoms. The SMILES string of the molecule is COCO[C@H]([C@H](O)[C@@H]1COC(C)(C)O1)[C@@H](CO)OCOC. The van der Waals surface area contributed by atoms with Gasteiger partial charge in [-0.15, -0.1) is 0 Å². The number of aliphatic hydroxyl groups excluding tert-OH is 2. The molecule has 4 atom stereocenters. The zero-order valence-electron chi connectivity index (χ0n) is 13.0. The first-order chi connectivity index (χ1) is 9.95. The van der Waals surface area contributed by atoms with E-state index in [4.69, 9.17) is 28.4 Å². The van der Waals surface area contributed by atoms with Gasteiger partial charge in [0.15, 0.2) is 5.79 Å². The van der Waals surface area contributed by atoms with E-state index in [1.165, 1.54) is 14.2 Å². The molecule has 2 N–H and O–H groups in total. The van der Waals surface area contributed by atoms with Gasteiger partial charge in [-0.1, -0.05) is 0 Å². The molecule has 0 aromatic heterocycles. The minimum atomic E-state index is -1.05. The summed E-state index contributed by atoms with van der Waals surface area (Å²) in [5.41, 5.74) is 0. The summed E-state index contributed by atoms with van der Waals surface area (Å²) in [6.45, 7) is 3.32. The van der Waals surface area contributed by atoms with Crippen LogP contribution in [0, 0.1) is 0 Å². The molecule has 1 heterocycles. The third-order valence-electron chi connectivity index (χ3n) is 3.07. The molecule has 126 valence electrons. The second-order valence-corrected chi connectivity index (χ2v) is 5.19. The van der Waals surface area contributed by atoms with E-state index in [1.807, 2.05) is 0 Å². The van der Waals surface area contributed by atoms with E-state index in [-0.39, 0.29) is 26.8 Å². The minimum Gasteiger partial charge on any atom is -0.394 e. The Kier molecular flexibility index (Phi) is 7.99. The first-order valence-electron chi connectivity index (χ1n) is 6.77. The lowest BCUT2D eigenvalue weighted by atomic mass is 10.0. The molecular formula is C13H26O8. The van der Waals surface area contributed by atoms with E-state index < -0.39 is 30.2 Å². The molecule has 0 bridgehead atoms. The molecule has 1 saturated heterocycles. The Morgan fingerprint density at radius 1 is 1.19 bits per heavy atom. The van der Waals surface area contributed by atoms with Gasteiger partial charge in [-0.3, -0.25) is 0 Å². The number of ether oxygens (including phenoxy) is 6. The summed E-state index contributed by atoms with van der Waals surface area (Å²) in [5, 5.41) is 19.9. The lowest BCUT2D eigenvalue weighted by Gasteiger charge is -2.32. The number of aliphatic hydroxyl groups is 2. The molecule has 1 aliphatic rings. The quantitative estimate of drug-likeness (QED) is 0.520. The van der Waals surface area contributed by atoms with Gasteiger partial charge in [-0.05, 0) is 13.8 Å². The predicted octanol–water partition coefficient (Wildman–Crippen LogP) is -0.531. The van der Waals surface area contributed by atoms with E-state index >= 15 is 0 Å². The molecule has 0 amide bonds. The molecule has 0 aromatic carbocycles. The Balaban J connectivity index is 2.70. The van der Waals surface area contributed by atoms with Crippen LogP contribution in [0.25, 0.3) is 0 Å². The molecule has 1 aliphatic heterocycles. The van der Waals surface area contributed by atoms with Crippen molar-refractivity contribution in [2.24, 2.45) is 0 Å². The maximum atomic E-state index is 10.5. The third-order valence-corrected chi connectivity index (χ3v) is 3.07. The average molecular weight is 310 g/mol. The van der Waals surface area contributed by atoms with Crippen LogP contribution in [0.3, 0.4) is 0 Å². The van der Waals surface area contributed by atoms with Gasteiger partial charge in [0, 0.05) is 14.2 Å². The van der Waals surface area contributed by atoms with Crippen LogP contribution >= 0.6 is 0 Å². The zero-order chi connectivity index (χ0) is 15.9. The fourth-order valence-electron chi connectivity index (χ4n) is 2.07. The highest BCUT2D eigenvalue weighted by Gasteiger charge is 2.42. The minimum absolute atomic E-state index is 0.0295. The monoisotopic (exact) mass is 310 g/mol. The lowest BCUT2D eigenvalue weighted by molar-refractivity contribution is -0.216. The van der Waals surface area contributed by atoms with Crippen LogP contribution in [0.1, 0.15) is 13.8 Å². The summed E-state index contributed by atoms with van der Waals surface area (Å²) in [6, 6.07) is 0. The largest absolute Gasteiger partial charge is 0.394 e. The molecular weight excluding hydrogens is 284 g/mol. The Labute approximate surface area is 124 Å². The first-order valence-corrected chi connectivity index (χ1v) is 6.77. The molecule has 0 unspecified atom stereocenters. The molecule has 1 fully saturated rings. The lowest BCUT2D eigenvalue weighted by Crippen LogP contribution is -2.50. The highest BCUT2D eigenvalue weighted by molar-refractivity contribution is 4.87. The van der Waals surface area contributed by atoms with Crippen LogP contribution in [0.5, 0.6) is 0 Å². The smallest absolute Gasteiger partial charge is 0.163 e. The van der Waals surface area contributed by atoms with Gasteiger partial charge in [0.2, 0.25) is 0 Å². The first kappa shape index (κ1) is 18.7. The second-order valence-electron chi connectivity index (χ2n) is 5.19. The van der Waals surface area contributed by atoms with Crippen molar-refractivity contribution < 1.29 is 38.6 Å². The Hall–Kier alpha value is -0.320. The van der Waals surface area contributed by atoms with Gasteiger partial charge < -0.3 is 38.6 Å². The van der Waals surface area contributed by atoms with E-state index in [0.717, 1.165) is 0 Å². The normalized spacial score (nSPS) is 25.7. The van der Waals surface area contributed by atoms with Crippen molar-refractivity contribution >= 4 is 0 Å². The summed E-state index contributed by atoms with van der Waals surface area (Å²) in [4.78, 5) is 0. The molecule has 8 nitrogen and oxygen atoms in total. The molecule has 0 aliphatic carbocycles. The highest BCUT2D eigenvalue weighted by atomic mass is 16.7. The van der Waals surface area contributed by atoms with Crippen molar-refractivity contribution in [1.29, 1.82) is 0 Å². The van der Waals surface area contributed by atoms with E-state index in [9.17, 15) is 10.2 Å². The summed E-state index contributed by atoms with van der Waals surface area (Å²) in [6.07, 6.45) is -3.24. The standard InChI is InChI=1S/C13H26O8/c1-13(2)20-6-10(21-13)11(15)12(19-8-17-4)9(5-14)18-7-16-3/h9-12,14-15H,5-8H2,1-4H3/t9-,10+,11-,12+/m1/s1. The zero-order valence-corrected chi connectivity index (χ0v) is 13.0. The fraction of sp³-hybridized carbons (Fsp3) is 1.00. The van der Waals surface area contributed by atoms with Crippen LogP contribution in [-0.2, 0) is 28.4 Å². The molecule has 0 saturated carbocycles. The maximum absolute atomic E-state index is 10.5. The fourth-order valence-corrected chi connectivity index (χ4v) is 2.07. The van der Waals surface area contributed by atoms with Crippen molar-refractivity contribution in [1.82, 2.24) is 0 Å². The number of methoxy groups -OCH3 is 2. The van der Waals surface area contributed by atoms with Crippen LogP contribution < -0.4 is 0 Å².